The highest BCUT2D eigenvalue weighted by Crippen LogP contribution is 2.36. The fourth-order valence-electron chi connectivity index (χ4n) is 2.85. The minimum atomic E-state index is -0.906. The Bertz CT molecular complexity index is 1080. The summed E-state index contributed by atoms with van der Waals surface area (Å²) in [6.45, 7) is 9.41. The van der Waals surface area contributed by atoms with Crippen LogP contribution in [0.25, 0.3) is 0 Å². The highest BCUT2D eigenvalue weighted by molar-refractivity contribution is 9.10. The topological polar surface area (TPSA) is 118 Å². The Morgan fingerprint density at radius 2 is 1.82 bits per heavy atom. The molecular formula is C24H27BrN4O5. The van der Waals surface area contributed by atoms with E-state index >= 15 is 0 Å². The van der Waals surface area contributed by atoms with Gasteiger partial charge in [0.05, 0.1) is 17.3 Å². The Hall–Kier alpha value is -3.66. The number of para-hydroxylation sites is 1. The van der Waals surface area contributed by atoms with Gasteiger partial charge in [0.2, 0.25) is 0 Å². The van der Waals surface area contributed by atoms with Gasteiger partial charge in [-0.05, 0) is 65.5 Å². The third-order valence-electron chi connectivity index (χ3n) is 4.42. The number of carbonyl (C=O) groups is 3. The highest BCUT2D eigenvalue weighted by atomic mass is 79.9. The van der Waals surface area contributed by atoms with Gasteiger partial charge < -0.3 is 20.1 Å². The maximum atomic E-state index is 12.5. The molecule has 0 spiro atoms. The van der Waals surface area contributed by atoms with E-state index in [4.69, 9.17) is 9.47 Å². The zero-order chi connectivity index (χ0) is 25.1. The summed E-state index contributed by atoms with van der Waals surface area (Å²) in [6, 6.07) is 9.08. The van der Waals surface area contributed by atoms with Gasteiger partial charge >= 0.3 is 11.8 Å². The van der Waals surface area contributed by atoms with E-state index in [1.807, 2.05) is 39.0 Å². The van der Waals surface area contributed by atoms with Crippen molar-refractivity contribution in [1.29, 1.82) is 0 Å². The second kappa shape index (κ2) is 13.1. The fourth-order valence-corrected chi connectivity index (χ4v) is 3.43. The number of amides is 3. The lowest BCUT2D eigenvalue weighted by molar-refractivity contribution is -0.139. The van der Waals surface area contributed by atoms with Crippen LogP contribution in [-0.4, -0.2) is 43.7 Å². The normalized spacial score (nSPS) is 10.5. The zero-order valence-electron chi connectivity index (χ0n) is 19.2. The summed E-state index contributed by atoms with van der Waals surface area (Å²) in [5.41, 5.74) is 5.38. The smallest absolute Gasteiger partial charge is 0.329 e. The predicted molar refractivity (Wildman–Crippen MR) is 134 cm³/mol. The molecule has 3 N–H and O–H groups in total. The van der Waals surface area contributed by atoms with Crippen molar-refractivity contribution in [3.05, 3.63) is 64.1 Å². The second-order valence-electron chi connectivity index (χ2n) is 7.06. The van der Waals surface area contributed by atoms with Crippen LogP contribution in [0.3, 0.4) is 0 Å². The van der Waals surface area contributed by atoms with Crippen molar-refractivity contribution in [2.45, 2.75) is 20.8 Å². The number of halogens is 1. The first-order chi connectivity index (χ1) is 16.3. The molecule has 9 nitrogen and oxygen atoms in total. The summed E-state index contributed by atoms with van der Waals surface area (Å²) in [5, 5.41) is 9.01. The van der Waals surface area contributed by atoms with Gasteiger partial charge in [0, 0.05) is 12.2 Å². The number of ether oxygens (including phenoxy) is 2. The average Bonchev–Trinajstić information content (AvgIpc) is 2.79. The molecule has 2 aromatic carbocycles. The number of aryl methyl sites for hydroxylation is 2. The number of anilines is 1. The number of hydrogen-bond acceptors (Lipinski definition) is 6. The van der Waals surface area contributed by atoms with Gasteiger partial charge in [-0.15, -0.1) is 6.58 Å². The number of nitrogens with one attached hydrogen (secondary N) is 3. The van der Waals surface area contributed by atoms with E-state index in [9.17, 15) is 14.4 Å². The molecule has 34 heavy (non-hydrogen) atoms. The van der Waals surface area contributed by atoms with E-state index in [0.29, 0.717) is 28.1 Å². The number of rotatable bonds is 10. The summed E-state index contributed by atoms with van der Waals surface area (Å²) >= 11 is 3.42. The first-order valence-electron chi connectivity index (χ1n) is 10.4. The molecule has 2 rings (SSSR count). The molecule has 180 valence electrons. The molecule has 0 heterocycles. The van der Waals surface area contributed by atoms with Gasteiger partial charge in [0.1, 0.15) is 0 Å². The fraction of sp³-hybridized carbons (Fsp3) is 0.250. The third-order valence-corrected chi connectivity index (χ3v) is 5.01. The maximum absolute atomic E-state index is 12.5. The molecule has 2 aromatic rings. The summed E-state index contributed by atoms with van der Waals surface area (Å²) in [7, 11) is 0. The highest BCUT2D eigenvalue weighted by Gasteiger charge is 2.15. The van der Waals surface area contributed by atoms with Gasteiger partial charge in [0.25, 0.3) is 5.91 Å². The summed E-state index contributed by atoms with van der Waals surface area (Å²) in [4.78, 5) is 35.7. The van der Waals surface area contributed by atoms with Crippen LogP contribution in [0.2, 0.25) is 0 Å². The Morgan fingerprint density at radius 1 is 1.12 bits per heavy atom. The lowest BCUT2D eigenvalue weighted by atomic mass is 10.1. The van der Waals surface area contributed by atoms with Crippen LogP contribution in [0.5, 0.6) is 11.5 Å². The minimum Gasteiger partial charge on any atom is -0.490 e. The van der Waals surface area contributed by atoms with Crippen LogP contribution in [-0.2, 0) is 14.4 Å². The Morgan fingerprint density at radius 3 is 2.47 bits per heavy atom. The monoisotopic (exact) mass is 530 g/mol. The number of benzene rings is 2. The zero-order valence-corrected chi connectivity index (χ0v) is 20.8. The minimum absolute atomic E-state index is 0.171. The lowest BCUT2D eigenvalue weighted by Gasteiger charge is -2.15. The van der Waals surface area contributed by atoms with Gasteiger partial charge in [0.15, 0.2) is 18.1 Å². The van der Waals surface area contributed by atoms with Crippen molar-refractivity contribution >= 4 is 45.6 Å². The van der Waals surface area contributed by atoms with Crippen LogP contribution < -0.4 is 25.5 Å². The molecule has 3 amide bonds. The molecule has 10 heteroatoms. The molecule has 0 saturated heterocycles. The summed E-state index contributed by atoms with van der Waals surface area (Å²) in [6.07, 6.45) is 2.81. The quantitative estimate of drug-likeness (QED) is 0.188. The van der Waals surface area contributed by atoms with Crippen molar-refractivity contribution < 1.29 is 23.9 Å². The van der Waals surface area contributed by atoms with E-state index < -0.39 is 11.8 Å². The number of carbonyl (C=O) groups excluding carboxylic acids is 3. The maximum Gasteiger partial charge on any atom is 0.329 e. The second-order valence-corrected chi connectivity index (χ2v) is 7.92. The van der Waals surface area contributed by atoms with E-state index in [1.165, 1.54) is 12.3 Å². The summed E-state index contributed by atoms with van der Waals surface area (Å²) < 4.78 is 11.9. The Balaban J connectivity index is 2.08. The van der Waals surface area contributed by atoms with Gasteiger partial charge in [-0.1, -0.05) is 24.3 Å². The Labute approximate surface area is 206 Å². The molecule has 0 radical (unpaired) electrons. The predicted octanol–water partition coefficient (Wildman–Crippen LogP) is 3.23. The van der Waals surface area contributed by atoms with Crippen molar-refractivity contribution in [2.75, 3.05) is 25.1 Å². The van der Waals surface area contributed by atoms with Crippen LogP contribution in [0.1, 0.15) is 23.6 Å². The van der Waals surface area contributed by atoms with E-state index in [2.05, 4.69) is 43.7 Å². The van der Waals surface area contributed by atoms with Crippen LogP contribution in [0.15, 0.2) is 52.6 Å². The van der Waals surface area contributed by atoms with Crippen molar-refractivity contribution in [2.24, 2.45) is 5.10 Å². The molecule has 0 fully saturated rings. The van der Waals surface area contributed by atoms with Gasteiger partial charge in [-0.3, -0.25) is 14.4 Å². The molecule has 0 atom stereocenters. The Kier molecular flexibility index (Phi) is 10.3. The first kappa shape index (κ1) is 26.6. The third kappa shape index (κ3) is 7.73. The van der Waals surface area contributed by atoms with Gasteiger partial charge in [-0.25, -0.2) is 5.43 Å². The molecular weight excluding hydrogens is 504 g/mol. The van der Waals surface area contributed by atoms with E-state index in [0.717, 1.165) is 16.8 Å². The molecule has 0 aliphatic rings. The van der Waals surface area contributed by atoms with Crippen molar-refractivity contribution in [1.82, 2.24) is 10.7 Å². The lowest BCUT2D eigenvalue weighted by Crippen LogP contribution is -2.37. The van der Waals surface area contributed by atoms with Gasteiger partial charge in [-0.2, -0.15) is 5.10 Å². The van der Waals surface area contributed by atoms with Crippen molar-refractivity contribution in [3.63, 3.8) is 0 Å². The number of nitrogens with zero attached hydrogens (tertiary/aromatic N) is 1. The number of hydrogen-bond donors (Lipinski definition) is 3. The van der Waals surface area contributed by atoms with Crippen LogP contribution in [0, 0.1) is 13.8 Å². The SMILES string of the molecule is C=CCNC(=O)C(=O)N/N=C\c1cc(Br)c(OCC(=O)Nc2c(C)cccc2C)c(OCC)c1. The largest absolute Gasteiger partial charge is 0.490 e. The molecule has 0 saturated carbocycles. The first-order valence-corrected chi connectivity index (χ1v) is 11.2. The molecule has 0 aliphatic heterocycles. The molecule has 0 aromatic heterocycles. The molecule has 0 aliphatic carbocycles. The molecule has 0 unspecified atom stereocenters. The number of hydrazone groups is 1. The van der Waals surface area contributed by atoms with E-state index in [1.54, 1.807) is 12.1 Å². The molecule has 0 bridgehead atoms. The average molecular weight is 531 g/mol. The van der Waals surface area contributed by atoms with E-state index in [-0.39, 0.29) is 19.1 Å². The standard InChI is InChI=1S/C24H27BrN4O5/c1-5-10-26-23(31)24(32)29-27-13-17-11-18(25)22(19(12-17)33-6-2)34-14-20(30)28-21-15(3)8-7-9-16(21)4/h5,7-9,11-13H,1,6,10,14H2,2-4H3,(H,26,31)(H,28,30)(H,29,32)/b27-13-. The van der Waals surface area contributed by atoms with Crippen molar-refractivity contribution in [3.8, 4) is 11.5 Å². The summed E-state index contributed by atoms with van der Waals surface area (Å²) in [5.74, 6) is -1.31. The van der Waals surface area contributed by atoms with Crippen LogP contribution >= 0.6 is 15.9 Å². The van der Waals surface area contributed by atoms with Crippen LogP contribution in [0.4, 0.5) is 5.69 Å².